The molecule has 0 aliphatic carbocycles. The van der Waals surface area contributed by atoms with Gasteiger partial charge in [-0.1, -0.05) is 30.2 Å². The number of benzene rings is 2. The third kappa shape index (κ3) is 6.00. The zero-order valence-electron chi connectivity index (χ0n) is 26.7. The van der Waals surface area contributed by atoms with Crippen LogP contribution in [-0.2, 0) is 24.9 Å². The molecule has 1 atom stereocenters. The predicted octanol–water partition coefficient (Wildman–Crippen LogP) is 4.34. The van der Waals surface area contributed by atoms with Crippen molar-refractivity contribution in [2.45, 2.75) is 65.3 Å². The number of fused-ring (bicyclic) bond motifs is 3. The molecule has 1 fully saturated rings. The fraction of sp³-hybridized carbons (Fsp3) is 0.382. The van der Waals surface area contributed by atoms with Crippen LogP contribution in [-0.4, -0.2) is 55.2 Å². The Morgan fingerprint density at radius 1 is 1.09 bits per heavy atom. The van der Waals surface area contributed by atoms with Crippen molar-refractivity contribution in [3.8, 4) is 23.3 Å². The Labute approximate surface area is 266 Å². The number of ether oxygens (including phenoxy) is 2. The van der Waals surface area contributed by atoms with E-state index in [0.29, 0.717) is 47.5 Å². The van der Waals surface area contributed by atoms with Crippen molar-refractivity contribution < 1.29 is 14.3 Å². The fourth-order valence-corrected chi connectivity index (χ4v) is 5.82. The Balaban J connectivity index is 1.42. The summed E-state index contributed by atoms with van der Waals surface area (Å²) in [6, 6.07) is 14.6. The summed E-state index contributed by atoms with van der Waals surface area (Å²) in [6.07, 6.45) is 1.08. The average molecular weight is 624 g/mol. The number of rotatable bonds is 5. The average Bonchev–Trinajstić information content (AvgIpc) is 3.32. The lowest BCUT2D eigenvalue weighted by molar-refractivity contribution is 0.0499. The molecule has 2 aromatic carbocycles. The van der Waals surface area contributed by atoms with E-state index in [9.17, 15) is 14.4 Å². The molecule has 12 heteroatoms. The highest BCUT2D eigenvalue weighted by Gasteiger charge is 2.29. The van der Waals surface area contributed by atoms with Gasteiger partial charge in [-0.2, -0.15) is 4.98 Å². The number of carbonyl (C=O) groups is 1. The highest BCUT2D eigenvalue weighted by molar-refractivity contribution is 6.05. The number of aryl methyl sites for hydroxylation is 1. The molecule has 1 N–H and O–H groups in total. The van der Waals surface area contributed by atoms with Gasteiger partial charge in [-0.25, -0.2) is 14.6 Å². The maximum absolute atomic E-state index is 14.3. The van der Waals surface area contributed by atoms with Crippen molar-refractivity contribution in [3.05, 3.63) is 74.9 Å². The third-order valence-electron chi connectivity index (χ3n) is 7.90. The summed E-state index contributed by atoms with van der Waals surface area (Å²) >= 11 is 0. The Morgan fingerprint density at radius 2 is 1.83 bits per heavy atom. The van der Waals surface area contributed by atoms with E-state index in [1.165, 1.54) is 9.13 Å². The number of anilines is 1. The van der Waals surface area contributed by atoms with E-state index in [0.717, 1.165) is 12.8 Å². The van der Waals surface area contributed by atoms with Crippen LogP contribution in [0.3, 0.4) is 0 Å². The Bertz CT molecular complexity index is 2040. The molecule has 2 aliphatic heterocycles. The maximum atomic E-state index is 14.3. The van der Waals surface area contributed by atoms with Crippen molar-refractivity contribution in [2.75, 3.05) is 18.0 Å². The largest absolute Gasteiger partial charge is 0.454 e. The number of aliphatic imine (C=N–C) groups is 1. The molecule has 2 aliphatic rings. The van der Waals surface area contributed by atoms with Gasteiger partial charge in [0.2, 0.25) is 5.95 Å². The molecular weight excluding hydrogens is 586 g/mol. The van der Waals surface area contributed by atoms with E-state index in [1.54, 1.807) is 18.5 Å². The summed E-state index contributed by atoms with van der Waals surface area (Å²) in [4.78, 5) is 52.3. The van der Waals surface area contributed by atoms with Crippen molar-refractivity contribution in [1.82, 2.24) is 24.0 Å². The minimum Gasteiger partial charge on any atom is -0.454 e. The normalized spacial score (nSPS) is 15.9. The number of piperidine rings is 1. The van der Waals surface area contributed by atoms with Gasteiger partial charge in [0.25, 0.3) is 5.56 Å². The zero-order chi connectivity index (χ0) is 32.6. The summed E-state index contributed by atoms with van der Waals surface area (Å²) in [5.74, 6) is 7.66. The SMILES string of the molecule is CC#CCn1c(N2CCCC(NC(=O)OC(C)(C)C)C2)nc2c1c(=O)n(CC1=Nc3ccccc3Oc3ccccc31)c(=O)n2C. The van der Waals surface area contributed by atoms with E-state index in [-0.39, 0.29) is 30.3 Å². The van der Waals surface area contributed by atoms with Crippen molar-refractivity contribution in [3.63, 3.8) is 0 Å². The fourth-order valence-electron chi connectivity index (χ4n) is 5.82. The Hall–Kier alpha value is -5.31. The molecule has 1 unspecified atom stereocenters. The predicted molar refractivity (Wildman–Crippen MR) is 176 cm³/mol. The smallest absolute Gasteiger partial charge is 0.407 e. The van der Waals surface area contributed by atoms with Crippen molar-refractivity contribution in [2.24, 2.45) is 12.0 Å². The number of nitrogens with one attached hydrogen (secondary N) is 1. The van der Waals surface area contributed by atoms with Crippen LogP contribution in [0, 0.1) is 11.8 Å². The van der Waals surface area contributed by atoms with Crippen LogP contribution in [0.15, 0.2) is 63.1 Å². The molecule has 4 aromatic rings. The number of alkyl carbamates (subject to hydrolysis) is 1. The number of aromatic nitrogens is 4. The molecule has 12 nitrogen and oxygen atoms in total. The lowest BCUT2D eigenvalue weighted by atomic mass is 10.1. The van der Waals surface area contributed by atoms with Gasteiger partial charge in [0.05, 0.1) is 18.8 Å². The zero-order valence-corrected chi connectivity index (χ0v) is 26.7. The van der Waals surface area contributed by atoms with Crippen LogP contribution in [0.25, 0.3) is 11.2 Å². The third-order valence-corrected chi connectivity index (χ3v) is 7.90. The molecule has 2 aromatic heterocycles. The lowest BCUT2D eigenvalue weighted by Gasteiger charge is -2.34. The molecule has 1 saturated heterocycles. The first-order valence-electron chi connectivity index (χ1n) is 15.3. The van der Waals surface area contributed by atoms with Crippen LogP contribution in [0.5, 0.6) is 11.5 Å². The van der Waals surface area contributed by atoms with Crippen LogP contribution in [0.2, 0.25) is 0 Å². The number of carbonyl (C=O) groups excluding carboxylic acids is 1. The molecule has 4 heterocycles. The second kappa shape index (κ2) is 12.2. The minimum atomic E-state index is -0.614. The van der Waals surface area contributed by atoms with Gasteiger partial charge in [-0.3, -0.25) is 18.5 Å². The molecule has 46 heavy (non-hydrogen) atoms. The number of hydrogen-bond donors (Lipinski definition) is 1. The Morgan fingerprint density at radius 3 is 2.59 bits per heavy atom. The number of amides is 1. The molecule has 1 amide bonds. The Kier molecular flexibility index (Phi) is 8.17. The first-order chi connectivity index (χ1) is 22.0. The van der Waals surface area contributed by atoms with Crippen LogP contribution in [0.4, 0.5) is 16.4 Å². The summed E-state index contributed by atoms with van der Waals surface area (Å²) in [5, 5.41) is 2.97. The molecule has 0 spiro atoms. The topological polar surface area (TPSA) is 125 Å². The van der Waals surface area contributed by atoms with Crippen LogP contribution in [0.1, 0.15) is 46.1 Å². The lowest BCUT2D eigenvalue weighted by Crippen LogP contribution is -2.49. The highest BCUT2D eigenvalue weighted by Crippen LogP contribution is 2.37. The quantitative estimate of drug-likeness (QED) is 0.328. The van der Waals surface area contributed by atoms with Gasteiger partial charge in [-0.05, 0) is 64.8 Å². The summed E-state index contributed by atoms with van der Waals surface area (Å²) in [5.41, 5.74) is 0.716. The van der Waals surface area contributed by atoms with E-state index in [1.807, 2.05) is 74.2 Å². The van der Waals surface area contributed by atoms with Gasteiger partial charge < -0.3 is 19.7 Å². The number of nitrogens with zero attached hydrogens (tertiary/aromatic N) is 6. The second-order valence-electron chi connectivity index (χ2n) is 12.4. The van der Waals surface area contributed by atoms with E-state index in [4.69, 9.17) is 19.5 Å². The van der Waals surface area contributed by atoms with Crippen LogP contribution < -0.4 is 26.2 Å². The minimum absolute atomic E-state index is 0.0816. The monoisotopic (exact) mass is 623 g/mol. The first-order valence-corrected chi connectivity index (χ1v) is 15.3. The van der Waals surface area contributed by atoms with E-state index in [2.05, 4.69) is 17.2 Å². The summed E-state index contributed by atoms with van der Waals surface area (Å²) in [7, 11) is 1.61. The van der Waals surface area contributed by atoms with Crippen molar-refractivity contribution >= 4 is 34.6 Å². The van der Waals surface area contributed by atoms with Gasteiger partial charge in [0.1, 0.15) is 17.0 Å². The van der Waals surface area contributed by atoms with E-state index >= 15 is 0 Å². The number of hydrogen-bond acceptors (Lipinski definition) is 8. The van der Waals surface area contributed by atoms with E-state index < -0.39 is 22.9 Å². The van der Waals surface area contributed by atoms with Crippen molar-refractivity contribution in [1.29, 1.82) is 0 Å². The number of imidazole rings is 1. The number of para-hydroxylation sites is 3. The highest BCUT2D eigenvalue weighted by atomic mass is 16.6. The molecule has 238 valence electrons. The summed E-state index contributed by atoms with van der Waals surface area (Å²) < 4.78 is 16.0. The maximum Gasteiger partial charge on any atom is 0.407 e. The van der Waals surface area contributed by atoms with Gasteiger partial charge in [0, 0.05) is 31.7 Å². The molecular formula is C34H37N7O5. The van der Waals surface area contributed by atoms with Gasteiger partial charge in [-0.15, -0.1) is 5.92 Å². The second-order valence-corrected chi connectivity index (χ2v) is 12.4. The summed E-state index contributed by atoms with van der Waals surface area (Å²) in [6.45, 7) is 8.42. The molecule has 6 rings (SSSR count). The molecule has 0 radical (unpaired) electrons. The van der Waals surface area contributed by atoms with Gasteiger partial charge in [0.15, 0.2) is 16.9 Å². The molecule has 0 bridgehead atoms. The van der Waals surface area contributed by atoms with Crippen LogP contribution >= 0.6 is 0 Å². The standard InChI is InChI=1S/C34H37N7O5/c1-6-7-19-40-28-29(37-31(40)39-18-12-13-22(20-39)35-32(43)46-34(2,3)4)38(5)33(44)41(30(28)42)21-25-23-14-8-10-16-26(23)45-27-17-11-9-15-24(27)36-25/h8-11,14-17,22H,12-13,18-21H2,1-5H3,(H,35,43). The first kappa shape index (κ1) is 30.7. The molecule has 0 saturated carbocycles. The van der Waals surface area contributed by atoms with Gasteiger partial charge >= 0.3 is 11.8 Å².